The number of hydrogen-bond acceptors (Lipinski definition) is 9. The first-order valence-electron chi connectivity index (χ1n) is 20.9. The predicted molar refractivity (Wildman–Crippen MR) is 212 cm³/mol. The number of carboxylic acids is 1. The maximum Gasteiger partial charge on any atom is 0.472 e. The number of carbonyl (C=O) groups is 3. The van der Waals surface area contributed by atoms with Crippen molar-refractivity contribution in [2.75, 3.05) is 19.8 Å². The van der Waals surface area contributed by atoms with Crippen molar-refractivity contribution in [1.82, 2.24) is 0 Å². The minimum Gasteiger partial charge on any atom is -0.480 e. The number of hydrogen-bond donors (Lipinski definition) is 3. The standard InChI is InChI=1S/C41H76NO10P/c1-3-5-7-9-11-13-15-17-19-21-22-24-26-28-30-32-39(43)49-34-37(35-50-53(47,48)51-36-38(42)41(45)46)52-40(44)33-31-29-27-25-23-20-18-16-14-12-10-8-6-4-2/h26,28,30,32,37-38H,3-25,27,29,31,33-36,42H2,1-2H3,(H,45,46)(H,47,48)/b28-26+,32-30+/t37-,38+/m1/s1. The van der Waals surface area contributed by atoms with Crippen LogP contribution in [0.5, 0.6) is 0 Å². The van der Waals surface area contributed by atoms with Crippen LogP contribution >= 0.6 is 7.82 Å². The number of allylic oxidation sites excluding steroid dienone is 3. The Morgan fingerprint density at radius 1 is 0.623 bits per heavy atom. The number of carbonyl (C=O) groups excluding carboxylic acids is 2. The summed E-state index contributed by atoms with van der Waals surface area (Å²) in [6.07, 6.45) is 37.3. The third kappa shape index (κ3) is 36.7. The van der Waals surface area contributed by atoms with Gasteiger partial charge in [0.15, 0.2) is 6.10 Å². The molecular weight excluding hydrogens is 697 g/mol. The first-order valence-corrected chi connectivity index (χ1v) is 22.4. The molecule has 12 heteroatoms. The summed E-state index contributed by atoms with van der Waals surface area (Å²) in [6.45, 7) is 2.69. The molecule has 0 heterocycles. The molecule has 0 aromatic carbocycles. The van der Waals surface area contributed by atoms with Gasteiger partial charge >= 0.3 is 25.7 Å². The molecule has 1 unspecified atom stereocenters. The van der Waals surface area contributed by atoms with Gasteiger partial charge in [-0.3, -0.25) is 18.6 Å². The van der Waals surface area contributed by atoms with Gasteiger partial charge in [-0.25, -0.2) is 9.36 Å². The van der Waals surface area contributed by atoms with Gasteiger partial charge in [0.2, 0.25) is 0 Å². The van der Waals surface area contributed by atoms with Gasteiger partial charge in [-0.1, -0.05) is 180 Å². The Bertz CT molecular complexity index is 1010. The fourth-order valence-corrected chi connectivity index (χ4v) is 6.52. The molecule has 0 aromatic heterocycles. The third-order valence-corrected chi connectivity index (χ3v) is 10.0. The molecule has 0 amide bonds. The molecule has 0 aromatic rings. The highest BCUT2D eigenvalue weighted by molar-refractivity contribution is 7.47. The van der Waals surface area contributed by atoms with Crippen molar-refractivity contribution in [3.8, 4) is 0 Å². The molecule has 0 aliphatic heterocycles. The van der Waals surface area contributed by atoms with Crippen molar-refractivity contribution in [3.63, 3.8) is 0 Å². The molecular formula is C41H76NO10P. The number of phosphoric acid groups is 1. The predicted octanol–water partition coefficient (Wildman–Crippen LogP) is 10.7. The smallest absolute Gasteiger partial charge is 0.472 e. The Kier molecular flexibility index (Phi) is 35.5. The Morgan fingerprint density at radius 3 is 1.53 bits per heavy atom. The number of nitrogens with two attached hydrogens (primary N) is 1. The van der Waals surface area contributed by atoms with Crippen LogP contribution in [0.3, 0.4) is 0 Å². The second kappa shape index (κ2) is 36.9. The van der Waals surface area contributed by atoms with Crippen LogP contribution in [0.2, 0.25) is 0 Å². The fourth-order valence-electron chi connectivity index (χ4n) is 5.74. The highest BCUT2D eigenvalue weighted by Crippen LogP contribution is 2.43. The topological polar surface area (TPSA) is 172 Å². The van der Waals surface area contributed by atoms with E-state index in [0.717, 1.165) is 32.1 Å². The van der Waals surface area contributed by atoms with Gasteiger partial charge < -0.3 is 25.2 Å². The van der Waals surface area contributed by atoms with Crippen molar-refractivity contribution < 1.29 is 47.5 Å². The third-order valence-electron chi connectivity index (χ3n) is 9.06. The van der Waals surface area contributed by atoms with Gasteiger partial charge in [0.1, 0.15) is 12.6 Å². The van der Waals surface area contributed by atoms with Crippen LogP contribution in [0.15, 0.2) is 24.3 Å². The van der Waals surface area contributed by atoms with E-state index in [4.69, 9.17) is 24.8 Å². The van der Waals surface area contributed by atoms with Gasteiger partial charge in [0, 0.05) is 12.5 Å². The number of esters is 2. The van der Waals surface area contributed by atoms with Crippen LogP contribution < -0.4 is 5.73 Å². The van der Waals surface area contributed by atoms with E-state index in [1.54, 1.807) is 12.2 Å². The van der Waals surface area contributed by atoms with Crippen LogP contribution in [0, 0.1) is 0 Å². The van der Waals surface area contributed by atoms with E-state index in [2.05, 4.69) is 18.4 Å². The number of ether oxygens (including phenoxy) is 2. The first-order chi connectivity index (χ1) is 25.6. The summed E-state index contributed by atoms with van der Waals surface area (Å²) in [4.78, 5) is 45.7. The molecule has 0 saturated carbocycles. The monoisotopic (exact) mass is 774 g/mol. The van der Waals surface area contributed by atoms with E-state index in [1.807, 2.05) is 6.08 Å². The largest absolute Gasteiger partial charge is 0.480 e. The van der Waals surface area contributed by atoms with Crippen LogP contribution in [-0.4, -0.2) is 59.9 Å². The summed E-state index contributed by atoms with van der Waals surface area (Å²) in [5, 5.41) is 8.87. The van der Waals surface area contributed by atoms with Crippen LogP contribution in [0.1, 0.15) is 187 Å². The summed E-state index contributed by atoms with van der Waals surface area (Å²) in [6, 6.07) is -1.53. The van der Waals surface area contributed by atoms with E-state index in [0.29, 0.717) is 6.42 Å². The van der Waals surface area contributed by atoms with E-state index in [-0.39, 0.29) is 6.42 Å². The van der Waals surface area contributed by atoms with E-state index in [9.17, 15) is 23.8 Å². The molecule has 4 N–H and O–H groups in total. The van der Waals surface area contributed by atoms with Gasteiger partial charge in [0.25, 0.3) is 0 Å². The van der Waals surface area contributed by atoms with Crippen molar-refractivity contribution in [3.05, 3.63) is 24.3 Å². The number of rotatable bonds is 39. The molecule has 0 rings (SSSR count). The molecule has 0 saturated heterocycles. The molecule has 0 aliphatic carbocycles. The molecule has 3 atom stereocenters. The lowest BCUT2D eigenvalue weighted by molar-refractivity contribution is -0.159. The van der Waals surface area contributed by atoms with Crippen LogP contribution in [-0.2, 0) is 37.5 Å². The maximum absolute atomic E-state index is 12.6. The molecule has 0 fully saturated rings. The van der Waals surface area contributed by atoms with Crippen molar-refractivity contribution >= 4 is 25.7 Å². The Morgan fingerprint density at radius 2 is 1.06 bits per heavy atom. The maximum atomic E-state index is 12.6. The lowest BCUT2D eigenvalue weighted by Crippen LogP contribution is -2.34. The zero-order chi connectivity index (χ0) is 39.3. The Hall–Kier alpha value is -2.04. The number of aliphatic carboxylic acids is 1. The lowest BCUT2D eigenvalue weighted by Gasteiger charge is -2.20. The second-order valence-corrected chi connectivity index (χ2v) is 15.7. The quantitative estimate of drug-likeness (QED) is 0.0178. The zero-order valence-electron chi connectivity index (χ0n) is 33.4. The minimum atomic E-state index is -4.73. The summed E-state index contributed by atoms with van der Waals surface area (Å²) in [5.41, 5.74) is 5.32. The summed E-state index contributed by atoms with van der Waals surface area (Å²) < 4.78 is 32.4. The second-order valence-electron chi connectivity index (χ2n) is 14.2. The molecule has 310 valence electrons. The van der Waals surface area contributed by atoms with Crippen LogP contribution in [0.4, 0.5) is 0 Å². The average Bonchev–Trinajstić information content (AvgIpc) is 3.13. The first kappa shape index (κ1) is 51.0. The molecule has 0 spiro atoms. The summed E-state index contributed by atoms with van der Waals surface area (Å²) >= 11 is 0. The highest BCUT2D eigenvalue weighted by atomic mass is 31.2. The molecule has 0 aliphatic rings. The minimum absolute atomic E-state index is 0.146. The highest BCUT2D eigenvalue weighted by Gasteiger charge is 2.28. The van der Waals surface area contributed by atoms with E-state index in [1.165, 1.54) is 134 Å². The average molecular weight is 774 g/mol. The SMILES string of the molecule is CCCCCCCCCCCCC/C=C/C=C/C(=O)OC[C@H](COP(=O)(O)OC[C@H](N)C(=O)O)OC(=O)CCCCCCCCCCCCCCCC. The number of unbranched alkanes of at least 4 members (excludes halogenated alkanes) is 24. The van der Waals surface area contributed by atoms with E-state index >= 15 is 0 Å². The van der Waals surface area contributed by atoms with Crippen molar-refractivity contribution in [2.24, 2.45) is 5.73 Å². The zero-order valence-corrected chi connectivity index (χ0v) is 34.3. The Balaban J connectivity index is 4.47. The molecule has 11 nitrogen and oxygen atoms in total. The fraction of sp³-hybridized carbons (Fsp3) is 0.829. The van der Waals surface area contributed by atoms with Gasteiger partial charge in [0.05, 0.1) is 13.2 Å². The van der Waals surface area contributed by atoms with Crippen molar-refractivity contribution in [2.45, 2.75) is 199 Å². The van der Waals surface area contributed by atoms with Gasteiger partial charge in [-0.15, -0.1) is 0 Å². The molecule has 0 radical (unpaired) electrons. The van der Waals surface area contributed by atoms with Crippen LogP contribution in [0.25, 0.3) is 0 Å². The number of phosphoric ester groups is 1. The van der Waals surface area contributed by atoms with Gasteiger partial charge in [-0.2, -0.15) is 0 Å². The molecule has 53 heavy (non-hydrogen) atoms. The lowest BCUT2D eigenvalue weighted by atomic mass is 10.0. The Labute approximate surface area is 321 Å². The summed E-state index contributed by atoms with van der Waals surface area (Å²) in [5.74, 6) is -2.63. The normalized spacial score (nSPS) is 14.0. The molecule has 0 bridgehead atoms. The van der Waals surface area contributed by atoms with Crippen molar-refractivity contribution in [1.29, 1.82) is 0 Å². The van der Waals surface area contributed by atoms with E-state index < -0.39 is 57.7 Å². The number of carboxylic acid groups (broad SMARTS) is 1. The van der Waals surface area contributed by atoms with Gasteiger partial charge in [-0.05, 0) is 19.3 Å². The summed E-state index contributed by atoms with van der Waals surface area (Å²) in [7, 11) is -4.73.